The molecule has 0 saturated carbocycles. The summed E-state index contributed by atoms with van der Waals surface area (Å²) >= 11 is 0. The van der Waals surface area contributed by atoms with E-state index in [1.165, 1.54) is 6.33 Å². The van der Waals surface area contributed by atoms with Crippen molar-refractivity contribution in [3.63, 3.8) is 0 Å². The molecule has 3 rings (SSSR count). The highest BCUT2D eigenvalue weighted by atomic mass is 15.3. The topological polar surface area (TPSA) is 56.0 Å². The zero-order valence-corrected chi connectivity index (χ0v) is 7.78. The average Bonchev–Trinajstić information content (AvgIpc) is 2.78. The Morgan fingerprint density at radius 3 is 2.67 bits per heavy atom. The molecule has 0 N–H and O–H groups in total. The molecule has 0 bridgehead atoms. The summed E-state index contributed by atoms with van der Waals surface area (Å²) in [4.78, 5) is 12.3. The molecule has 3 heterocycles. The molecule has 0 fully saturated rings. The lowest BCUT2D eigenvalue weighted by Gasteiger charge is -2.01. The van der Waals surface area contributed by atoms with Gasteiger partial charge in [-0.1, -0.05) is 0 Å². The highest BCUT2D eigenvalue weighted by molar-refractivity contribution is 5.57. The zero-order valence-electron chi connectivity index (χ0n) is 7.78. The van der Waals surface area contributed by atoms with Crippen molar-refractivity contribution < 1.29 is 0 Å². The number of fused-ring (bicyclic) bond motifs is 1. The second kappa shape index (κ2) is 3.13. The first-order chi connectivity index (χ1) is 7.45. The zero-order chi connectivity index (χ0) is 10.1. The Hall–Kier alpha value is -2.30. The van der Waals surface area contributed by atoms with E-state index in [0.717, 1.165) is 17.0 Å². The van der Waals surface area contributed by atoms with E-state index in [0.29, 0.717) is 0 Å². The minimum absolute atomic E-state index is 0.771. The van der Waals surface area contributed by atoms with Gasteiger partial charge in [0, 0.05) is 30.2 Å². The van der Waals surface area contributed by atoms with Gasteiger partial charge in [-0.3, -0.25) is 4.98 Å². The lowest BCUT2D eigenvalue weighted by molar-refractivity contribution is 0.933. The van der Waals surface area contributed by atoms with Crippen molar-refractivity contribution in [2.24, 2.45) is 0 Å². The van der Waals surface area contributed by atoms with Crippen LogP contribution in [0.2, 0.25) is 0 Å². The highest BCUT2D eigenvalue weighted by Crippen LogP contribution is 2.14. The van der Waals surface area contributed by atoms with Crippen molar-refractivity contribution >= 4 is 5.65 Å². The number of aromatic nitrogens is 5. The predicted molar refractivity (Wildman–Crippen MR) is 54.0 cm³/mol. The van der Waals surface area contributed by atoms with Crippen molar-refractivity contribution in [3.8, 4) is 11.4 Å². The summed E-state index contributed by atoms with van der Waals surface area (Å²) in [5.74, 6) is 0.771. The standard InChI is InChI=1S/C10H7N5/c1-4-11-5-2-8(1)10-12-6-3-9-13-7-14-15(9)10/h1-7H. The van der Waals surface area contributed by atoms with E-state index >= 15 is 0 Å². The summed E-state index contributed by atoms with van der Waals surface area (Å²) in [6.45, 7) is 0. The third-order valence-corrected chi connectivity index (χ3v) is 2.13. The molecule has 0 spiro atoms. The SMILES string of the molecule is c1cc(-c2nccc3ncnn23)ccn1. The maximum atomic E-state index is 4.28. The van der Waals surface area contributed by atoms with E-state index in [-0.39, 0.29) is 0 Å². The van der Waals surface area contributed by atoms with Gasteiger partial charge in [0.25, 0.3) is 0 Å². The molecule has 72 valence electrons. The van der Waals surface area contributed by atoms with Gasteiger partial charge in [0.1, 0.15) is 6.33 Å². The first kappa shape index (κ1) is 8.05. The molecule has 0 aliphatic heterocycles. The van der Waals surface area contributed by atoms with E-state index in [9.17, 15) is 0 Å². The van der Waals surface area contributed by atoms with Crippen LogP contribution in [0.4, 0.5) is 0 Å². The Morgan fingerprint density at radius 2 is 1.80 bits per heavy atom. The fraction of sp³-hybridized carbons (Fsp3) is 0. The lowest BCUT2D eigenvalue weighted by Crippen LogP contribution is -1.96. The molecule has 3 aromatic rings. The second-order valence-electron chi connectivity index (χ2n) is 3.03. The summed E-state index contributed by atoms with van der Waals surface area (Å²) in [7, 11) is 0. The first-order valence-electron chi connectivity index (χ1n) is 4.50. The number of hydrogen-bond acceptors (Lipinski definition) is 4. The molecular formula is C10H7N5. The molecule has 0 atom stereocenters. The third-order valence-electron chi connectivity index (χ3n) is 2.13. The van der Waals surface area contributed by atoms with Gasteiger partial charge in [-0.25, -0.2) is 9.97 Å². The molecule has 0 radical (unpaired) electrons. The highest BCUT2D eigenvalue weighted by Gasteiger charge is 2.04. The van der Waals surface area contributed by atoms with Gasteiger partial charge < -0.3 is 0 Å². The first-order valence-corrected chi connectivity index (χ1v) is 4.50. The van der Waals surface area contributed by atoms with Gasteiger partial charge in [-0.2, -0.15) is 9.61 Å². The molecule has 0 saturated heterocycles. The van der Waals surface area contributed by atoms with Crippen LogP contribution in [0.25, 0.3) is 17.0 Å². The normalized spacial score (nSPS) is 10.7. The van der Waals surface area contributed by atoms with Gasteiger partial charge in [0.05, 0.1) is 0 Å². The molecule has 5 nitrogen and oxygen atoms in total. The van der Waals surface area contributed by atoms with Crippen molar-refractivity contribution in [1.29, 1.82) is 0 Å². The van der Waals surface area contributed by atoms with Crippen LogP contribution in [0.1, 0.15) is 0 Å². The molecule has 0 amide bonds. The average molecular weight is 197 g/mol. The van der Waals surface area contributed by atoms with Crippen molar-refractivity contribution in [1.82, 2.24) is 24.6 Å². The van der Waals surface area contributed by atoms with Gasteiger partial charge in [-0.15, -0.1) is 0 Å². The molecule has 0 unspecified atom stereocenters. The Bertz CT molecular complexity index is 587. The van der Waals surface area contributed by atoms with Crippen molar-refractivity contribution in [2.45, 2.75) is 0 Å². The third kappa shape index (κ3) is 1.25. The molecule has 0 aliphatic rings. The van der Waals surface area contributed by atoms with Gasteiger partial charge in [-0.05, 0) is 12.1 Å². The van der Waals surface area contributed by atoms with Crippen molar-refractivity contribution in [2.75, 3.05) is 0 Å². The summed E-state index contributed by atoms with van der Waals surface area (Å²) < 4.78 is 1.70. The summed E-state index contributed by atoms with van der Waals surface area (Å²) in [5, 5.41) is 4.12. The van der Waals surface area contributed by atoms with Crippen LogP contribution in [0.15, 0.2) is 43.1 Å². The van der Waals surface area contributed by atoms with Crippen LogP contribution in [0, 0.1) is 0 Å². The fourth-order valence-electron chi connectivity index (χ4n) is 1.45. The molecule has 0 aliphatic carbocycles. The second-order valence-corrected chi connectivity index (χ2v) is 3.03. The molecule has 15 heavy (non-hydrogen) atoms. The molecule has 5 heteroatoms. The summed E-state index contributed by atoms with van der Waals surface area (Å²) in [6.07, 6.45) is 6.70. The van der Waals surface area contributed by atoms with E-state index < -0.39 is 0 Å². The van der Waals surface area contributed by atoms with Crippen LogP contribution >= 0.6 is 0 Å². The van der Waals surface area contributed by atoms with Crippen LogP contribution < -0.4 is 0 Å². The van der Waals surface area contributed by atoms with Gasteiger partial charge in [0.15, 0.2) is 11.5 Å². The molecule has 0 aromatic carbocycles. The maximum absolute atomic E-state index is 4.28. The largest absolute Gasteiger partial charge is 0.265 e. The minimum atomic E-state index is 0.771. The van der Waals surface area contributed by atoms with E-state index in [1.807, 2.05) is 18.2 Å². The number of pyridine rings is 1. The van der Waals surface area contributed by atoms with E-state index in [4.69, 9.17) is 0 Å². The smallest absolute Gasteiger partial charge is 0.163 e. The van der Waals surface area contributed by atoms with E-state index in [2.05, 4.69) is 20.1 Å². The number of rotatable bonds is 1. The predicted octanol–water partition coefficient (Wildman–Crippen LogP) is 1.19. The van der Waals surface area contributed by atoms with Gasteiger partial charge in [0.2, 0.25) is 0 Å². The lowest BCUT2D eigenvalue weighted by atomic mass is 10.2. The Kier molecular flexibility index (Phi) is 1.68. The minimum Gasteiger partial charge on any atom is -0.265 e. The van der Waals surface area contributed by atoms with Crippen LogP contribution in [0.3, 0.4) is 0 Å². The number of hydrogen-bond donors (Lipinski definition) is 0. The Balaban J connectivity index is 2.31. The maximum Gasteiger partial charge on any atom is 0.163 e. The van der Waals surface area contributed by atoms with Crippen LogP contribution in [-0.4, -0.2) is 24.6 Å². The summed E-state index contributed by atoms with van der Waals surface area (Å²) in [5.41, 5.74) is 1.76. The Labute approximate surface area is 85.5 Å². The fourth-order valence-corrected chi connectivity index (χ4v) is 1.45. The number of nitrogens with zero attached hydrogens (tertiary/aromatic N) is 5. The van der Waals surface area contributed by atoms with Gasteiger partial charge >= 0.3 is 0 Å². The molecular weight excluding hydrogens is 190 g/mol. The quantitative estimate of drug-likeness (QED) is 0.588. The molecule has 3 aromatic heterocycles. The monoisotopic (exact) mass is 197 g/mol. The summed E-state index contributed by atoms with van der Waals surface area (Å²) in [6, 6.07) is 5.60. The van der Waals surface area contributed by atoms with Crippen LogP contribution in [0.5, 0.6) is 0 Å². The van der Waals surface area contributed by atoms with Crippen LogP contribution in [-0.2, 0) is 0 Å². The van der Waals surface area contributed by atoms with E-state index in [1.54, 1.807) is 23.1 Å². The van der Waals surface area contributed by atoms with Crippen molar-refractivity contribution in [3.05, 3.63) is 43.1 Å². The Morgan fingerprint density at radius 1 is 0.933 bits per heavy atom.